The van der Waals surface area contributed by atoms with Gasteiger partial charge in [-0.1, -0.05) is 23.7 Å². The SMILES string of the molecule is CC1CN(Cc2cccc(Cl)c2F)C(C)CCN1. The molecule has 0 aromatic heterocycles. The highest BCUT2D eigenvalue weighted by Gasteiger charge is 2.21. The minimum absolute atomic E-state index is 0.209. The first-order valence-electron chi connectivity index (χ1n) is 6.48. The third-order valence-electron chi connectivity index (χ3n) is 3.59. The smallest absolute Gasteiger partial charge is 0.146 e. The molecule has 18 heavy (non-hydrogen) atoms. The Morgan fingerprint density at radius 3 is 3.00 bits per heavy atom. The van der Waals surface area contributed by atoms with E-state index in [4.69, 9.17) is 11.6 Å². The Hall–Kier alpha value is -0.640. The van der Waals surface area contributed by atoms with E-state index in [1.54, 1.807) is 6.07 Å². The summed E-state index contributed by atoms with van der Waals surface area (Å²) >= 11 is 5.82. The van der Waals surface area contributed by atoms with Crippen LogP contribution in [0.2, 0.25) is 5.02 Å². The van der Waals surface area contributed by atoms with Gasteiger partial charge in [0.1, 0.15) is 5.82 Å². The molecular weight excluding hydrogens is 251 g/mol. The fourth-order valence-electron chi connectivity index (χ4n) is 2.43. The molecule has 0 saturated carbocycles. The van der Waals surface area contributed by atoms with Crippen LogP contribution in [0.25, 0.3) is 0 Å². The van der Waals surface area contributed by atoms with E-state index in [1.807, 2.05) is 12.1 Å². The lowest BCUT2D eigenvalue weighted by atomic mass is 10.1. The molecule has 1 N–H and O–H groups in total. The molecule has 1 aliphatic heterocycles. The second-order valence-corrected chi connectivity index (χ2v) is 5.54. The van der Waals surface area contributed by atoms with Crippen molar-refractivity contribution in [1.29, 1.82) is 0 Å². The molecule has 2 unspecified atom stereocenters. The fraction of sp³-hybridized carbons (Fsp3) is 0.571. The van der Waals surface area contributed by atoms with Gasteiger partial charge in [-0.15, -0.1) is 0 Å². The van der Waals surface area contributed by atoms with Gasteiger partial charge in [0.25, 0.3) is 0 Å². The van der Waals surface area contributed by atoms with Gasteiger partial charge >= 0.3 is 0 Å². The Morgan fingerprint density at radius 1 is 1.44 bits per heavy atom. The second kappa shape index (κ2) is 6.00. The Balaban J connectivity index is 2.13. The van der Waals surface area contributed by atoms with Crippen LogP contribution in [0.15, 0.2) is 18.2 Å². The van der Waals surface area contributed by atoms with Crippen LogP contribution in [0.4, 0.5) is 4.39 Å². The first-order chi connectivity index (χ1) is 8.58. The standard InChI is InChI=1S/C14H20ClFN2/c1-10-8-18(11(2)6-7-17-10)9-12-4-3-5-13(15)14(12)16/h3-5,10-11,17H,6-9H2,1-2H3. The van der Waals surface area contributed by atoms with Gasteiger partial charge in [-0.25, -0.2) is 4.39 Å². The van der Waals surface area contributed by atoms with E-state index < -0.39 is 0 Å². The Labute approximate surface area is 113 Å². The number of rotatable bonds is 2. The highest BCUT2D eigenvalue weighted by Crippen LogP contribution is 2.21. The van der Waals surface area contributed by atoms with Crippen LogP contribution >= 0.6 is 11.6 Å². The zero-order valence-corrected chi connectivity index (χ0v) is 11.7. The molecular formula is C14H20ClFN2. The van der Waals surface area contributed by atoms with Crippen LogP contribution < -0.4 is 5.32 Å². The summed E-state index contributed by atoms with van der Waals surface area (Å²) in [5.41, 5.74) is 0.684. The number of benzene rings is 1. The van der Waals surface area contributed by atoms with Gasteiger partial charge in [0.15, 0.2) is 0 Å². The van der Waals surface area contributed by atoms with Gasteiger partial charge in [-0.05, 0) is 32.9 Å². The summed E-state index contributed by atoms with van der Waals surface area (Å²) in [6.07, 6.45) is 1.09. The lowest BCUT2D eigenvalue weighted by Gasteiger charge is -2.28. The normalized spacial score (nSPS) is 26.0. The van der Waals surface area contributed by atoms with Crippen molar-refractivity contribution in [1.82, 2.24) is 10.2 Å². The molecule has 2 atom stereocenters. The highest BCUT2D eigenvalue weighted by molar-refractivity contribution is 6.30. The number of halogens is 2. The lowest BCUT2D eigenvalue weighted by Crippen LogP contribution is -2.38. The van der Waals surface area contributed by atoms with E-state index in [-0.39, 0.29) is 10.8 Å². The molecule has 0 spiro atoms. The Kier molecular flexibility index (Phi) is 4.60. The average molecular weight is 271 g/mol. The molecule has 1 saturated heterocycles. The number of nitrogens with zero attached hydrogens (tertiary/aromatic N) is 1. The van der Waals surface area contributed by atoms with Gasteiger partial charge in [-0.3, -0.25) is 4.90 Å². The molecule has 1 aliphatic rings. The molecule has 0 bridgehead atoms. The molecule has 1 fully saturated rings. The maximum absolute atomic E-state index is 13.9. The van der Waals surface area contributed by atoms with Crippen molar-refractivity contribution < 1.29 is 4.39 Å². The van der Waals surface area contributed by atoms with E-state index >= 15 is 0 Å². The number of hydrogen-bond donors (Lipinski definition) is 1. The minimum atomic E-state index is -0.281. The van der Waals surface area contributed by atoms with Crippen molar-refractivity contribution in [2.45, 2.75) is 38.9 Å². The predicted molar refractivity (Wildman–Crippen MR) is 73.4 cm³/mol. The largest absolute Gasteiger partial charge is 0.313 e. The molecule has 0 aliphatic carbocycles. The van der Waals surface area contributed by atoms with Crippen molar-refractivity contribution >= 4 is 11.6 Å². The van der Waals surface area contributed by atoms with Crippen molar-refractivity contribution in [3.05, 3.63) is 34.6 Å². The van der Waals surface area contributed by atoms with E-state index in [2.05, 4.69) is 24.1 Å². The Morgan fingerprint density at radius 2 is 2.22 bits per heavy atom. The minimum Gasteiger partial charge on any atom is -0.313 e. The third kappa shape index (κ3) is 3.22. The monoisotopic (exact) mass is 270 g/mol. The number of hydrogen-bond acceptors (Lipinski definition) is 2. The maximum Gasteiger partial charge on any atom is 0.146 e. The van der Waals surface area contributed by atoms with Crippen LogP contribution in [-0.2, 0) is 6.54 Å². The van der Waals surface area contributed by atoms with E-state index in [0.717, 1.165) is 19.5 Å². The molecule has 100 valence electrons. The summed E-state index contributed by atoms with van der Waals surface area (Å²) in [5, 5.41) is 3.66. The third-order valence-corrected chi connectivity index (χ3v) is 3.88. The second-order valence-electron chi connectivity index (χ2n) is 5.14. The maximum atomic E-state index is 13.9. The van der Waals surface area contributed by atoms with Gasteiger partial charge in [-0.2, -0.15) is 0 Å². The molecule has 2 rings (SSSR count). The van der Waals surface area contributed by atoms with Crippen molar-refractivity contribution in [3.8, 4) is 0 Å². The van der Waals surface area contributed by atoms with Crippen molar-refractivity contribution in [3.63, 3.8) is 0 Å². The average Bonchev–Trinajstić information content (AvgIpc) is 2.48. The molecule has 1 aromatic carbocycles. The van der Waals surface area contributed by atoms with E-state index in [0.29, 0.717) is 24.2 Å². The van der Waals surface area contributed by atoms with Crippen LogP contribution in [0, 0.1) is 5.82 Å². The first-order valence-corrected chi connectivity index (χ1v) is 6.86. The summed E-state index contributed by atoms with van der Waals surface area (Å²) in [4.78, 5) is 2.32. The molecule has 0 radical (unpaired) electrons. The van der Waals surface area contributed by atoms with Gasteiger partial charge in [0.05, 0.1) is 5.02 Å². The predicted octanol–water partition coefficient (Wildman–Crippen LogP) is 3.05. The molecule has 4 heteroatoms. The zero-order valence-electron chi connectivity index (χ0n) is 10.9. The summed E-state index contributed by atoms with van der Waals surface area (Å²) < 4.78 is 13.9. The summed E-state index contributed by atoms with van der Waals surface area (Å²) in [6.45, 7) is 6.95. The van der Waals surface area contributed by atoms with E-state index in [9.17, 15) is 4.39 Å². The number of nitrogens with one attached hydrogen (secondary N) is 1. The summed E-state index contributed by atoms with van der Waals surface area (Å²) in [6, 6.07) is 6.12. The molecule has 0 amide bonds. The first kappa shape index (κ1) is 13.8. The zero-order chi connectivity index (χ0) is 13.1. The highest BCUT2D eigenvalue weighted by atomic mass is 35.5. The van der Waals surface area contributed by atoms with Crippen LogP contribution in [-0.4, -0.2) is 30.1 Å². The van der Waals surface area contributed by atoms with Crippen LogP contribution in [0.1, 0.15) is 25.8 Å². The quantitative estimate of drug-likeness (QED) is 0.889. The van der Waals surface area contributed by atoms with E-state index in [1.165, 1.54) is 0 Å². The topological polar surface area (TPSA) is 15.3 Å². The van der Waals surface area contributed by atoms with Gasteiger partial charge in [0, 0.05) is 30.7 Å². The summed E-state index contributed by atoms with van der Waals surface area (Å²) in [5.74, 6) is -0.281. The van der Waals surface area contributed by atoms with Gasteiger partial charge in [0.2, 0.25) is 0 Å². The Bertz CT molecular complexity index is 411. The van der Waals surface area contributed by atoms with Crippen molar-refractivity contribution in [2.24, 2.45) is 0 Å². The molecule has 1 heterocycles. The fourth-order valence-corrected chi connectivity index (χ4v) is 2.62. The van der Waals surface area contributed by atoms with Crippen LogP contribution in [0.5, 0.6) is 0 Å². The lowest BCUT2D eigenvalue weighted by molar-refractivity contribution is 0.196. The van der Waals surface area contributed by atoms with Crippen molar-refractivity contribution in [2.75, 3.05) is 13.1 Å². The van der Waals surface area contributed by atoms with Crippen LogP contribution in [0.3, 0.4) is 0 Å². The summed E-state index contributed by atoms with van der Waals surface area (Å²) in [7, 11) is 0. The molecule has 1 aromatic rings. The molecule has 2 nitrogen and oxygen atoms in total. The van der Waals surface area contributed by atoms with Gasteiger partial charge < -0.3 is 5.32 Å².